The number of hydrogen-bond donors (Lipinski definition) is 1. The van der Waals surface area contributed by atoms with Gasteiger partial charge in [0.2, 0.25) is 0 Å². The van der Waals surface area contributed by atoms with E-state index in [-0.39, 0.29) is 18.6 Å². The van der Waals surface area contributed by atoms with Crippen molar-refractivity contribution in [3.05, 3.63) is 22.4 Å². The number of amides is 2. The van der Waals surface area contributed by atoms with Crippen molar-refractivity contribution in [2.45, 2.75) is 25.8 Å². The Morgan fingerprint density at radius 2 is 2.42 bits per heavy atom. The molecule has 0 bridgehead atoms. The van der Waals surface area contributed by atoms with Crippen molar-refractivity contribution in [2.75, 3.05) is 19.7 Å². The van der Waals surface area contributed by atoms with Crippen LogP contribution in [0.5, 0.6) is 0 Å². The lowest BCUT2D eigenvalue weighted by Crippen LogP contribution is -2.41. The van der Waals surface area contributed by atoms with Crippen LogP contribution in [0.2, 0.25) is 0 Å². The van der Waals surface area contributed by atoms with E-state index in [0.29, 0.717) is 6.61 Å². The van der Waals surface area contributed by atoms with Gasteiger partial charge < -0.3 is 15.0 Å². The minimum Gasteiger partial charge on any atom is -0.465 e. The van der Waals surface area contributed by atoms with Crippen LogP contribution >= 0.6 is 11.3 Å². The summed E-state index contributed by atoms with van der Waals surface area (Å²) >= 11 is 1.66. The van der Waals surface area contributed by atoms with Gasteiger partial charge in [0.15, 0.2) is 0 Å². The molecule has 0 aromatic carbocycles. The largest absolute Gasteiger partial charge is 0.465 e. The Labute approximate surface area is 116 Å². The number of carbonyl (C=O) groups excluding carboxylic acids is 2. The molecule has 1 atom stereocenters. The maximum absolute atomic E-state index is 12.1. The first-order chi connectivity index (χ1) is 9.22. The molecule has 1 N–H and O–H groups in total. The number of hydrogen-bond acceptors (Lipinski definition) is 4. The van der Waals surface area contributed by atoms with Crippen molar-refractivity contribution in [3.8, 4) is 0 Å². The lowest BCUT2D eigenvalue weighted by atomic mass is 10.2. The predicted molar refractivity (Wildman–Crippen MR) is 73.0 cm³/mol. The second kappa shape index (κ2) is 6.56. The number of urea groups is 1. The molecular formula is C13H18N2O3S. The number of carbonyl (C=O) groups is 2. The van der Waals surface area contributed by atoms with Gasteiger partial charge in [0.25, 0.3) is 0 Å². The van der Waals surface area contributed by atoms with Crippen molar-refractivity contribution >= 4 is 23.3 Å². The molecule has 1 aromatic heterocycles. The van der Waals surface area contributed by atoms with Crippen LogP contribution in [0.4, 0.5) is 4.79 Å². The average molecular weight is 282 g/mol. The summed E-state index contributed by atoms with van der Waals surface area (Å²) in [5.74, 6) is -0.400. The SMILES string of the molecule is CCOC(=O)CNC(=O)N1CCC[C@@H]1c1cccs1. The van der Waals surface area contributed by atoms with Crippen LogP contribution in [0.25, 0.3) is 0 Å². The van der Waals surface area contributed by atoms with E-state index in [1.807, 2.05) is 17.5 Å². The highest BCUT2D eigenvalue weighted by molar-refractivity contribution is 7.10. The Morgan fingerprint density at radius 3 is 3.11 bits per heavy atom. The molecule has 6 heteroatoms. The highest BCUT2D eigenvalue weighted by Crippen LogP contribution is 2.34. The molecule has 0 saturated carbocycles. The summed E-state index contributed by atoms with van der Waals surface area (Å²) in [4.78, 5) is 26.3. The fourth-order valence-corrected chi connectivity index (χ4v) is 3.12. The summed E-state index contributed by atoms with van der Waals surface area (Å²) in [6, 6.07) is 3.99. The van der Waals surface area contributed by atoms with Crippen molar-refractivity contribution in [1.82, 2.24) is 10.2 Å². The van der Waals surface area contributed by atoms with Gasteiger partial charge in [-0.25, -0.2) is 4.79 Å². The van der Waals surface area contributed by atoms with Crippen molar-refractivity contribution < 1.29 is 14.3 Å². The highest BCUT2D eigenvalue weighted by Gasteiger charge is 2.30. The second-order valence-corrected chi connectivity index (χ2v) is 5.31. The van der Waals surface area contributed by atoms with E-state index < -0.39 is 5.97 Å². The molecule has 2 amide bonds. The van der Waals surface area contributed by atoms with Crippen LogP contribution in [0.3, 0.4) is 0 Å². The summed E-state index contributed by atoms with van der Waals surface area (Å²) < 4.78 is 4.78. The van der Waals surface area contributed by atoms with E-state index in [0.717, 1.165) is 19.4 Å². The zero-order valence-corrected chi connectivity index (χ0v) is 11.7. The van der Waals surface area contributed by atoms with Gasteiger partial charge in [-0.3, -0.25) is 4.79 Å². The maximum Gasteiger partial charge on any atom is 0.325 e. The molecule has 19 heavy (non-hydrogen) atoms. The van der Waals surface area contributed by atoms with Gasteiger partial charge in [-0.1, -0.05) is 6.07 Å². The van der Waals surface area contributed by atoms with Crippen LogP contribution in [0.1, 0.15) is 30.7 Å². The Hall–Kier alpha value is -1.56. The van der Waals surface area contributed by atoms with Gasteiger partial charge in [-0.15, -0.1) is 11.3 Å². The number of rotatable bonds is 4. The number of ether oxygens (including phenoxy) is 1. The van der Waals surface area contributed by atoms with Crippen LogP contribution in [0.15, 0.2) is 17.5 Å². The number of likely N-dealkylation sites (tertiary alicyclic amines) is 1. The molecular weight excluding hydrogens is 264 g/mol. The Bertz CT molecular complexity index is 433. The zero-order valence-electron chi connectivity index (χ0n) is 10.9. The molecule has 1 fully saturated rings. The molecule has 0 radical (unpaired) electrons. The standard InChI is InChI=1S/C13H18N2O3S/c1-2-18-12(16)9-14-13(17)15-7-3-5-10(15)11-6-4-8-19-11/h4,6,8,10H,2-3,5,7,9H2,1H3,(H,14,17)/t10-/m1/s1. The smallest absolute Gasteiger partial charge is 0.325 e. The summed E-state index contributed by atoms with van der Waals surface area (Å²) in [5.41, 5.74) is 0. The molecule has 1 saturated heterocycles. The molecule has 1 aliphatic rings. The van der Waals surface area contributed by atoms with E-state index >= 15 is 0 Å². The van der Waals surface area contributed by atoms with Gasteiger partial charge in [0.1, 0.15) is 6.54 Å². The van der Waals surface area contributed by atoms with Gasteiger partial charge >= 0.3 is 12.0 Å². The van der Waals surface area contributed by atoms with E-state index in [1.54, 1.807) is 23.2 Å². The highest BCUT2D eigenvalue weighted by atomic mass is 32.1. The fourth-order valence-electron chi connectivity index (χ4n) is 2.25. The second-order valence-electron chi connectivity index (χ2n) is 4.33. The van der Waals surface area contributed by atoms with Gasteiger partial charge in [0, 0.05) is 11.4 Å². The van der Waals surface area contributed by atoms with Crippen molar-refractivity contribution in [3.63, 3.8) is 0 Å². The van der Waals surface area contributed by atoms with Crippen LogP contribution < -0.4 is 5.32 Å². The quantitative estimate of drug-likeness (QED) is 0.861. The van der Waals surface area contributed by atoms with Gasteiger partial charge in [-0.2, -0.15) is 0 Å². The molecule has 1 aromatic rings. The van der Waals surface area contributed by atoms with E-state index in [9.17, 15) is 9.59 Å². The number of thiophene rings is 1. The molecule has 2 heterocycles. The van der Waals surface area contributed by atoms with Gasteiger partial charge in [-0.05, 0) is 31.2 Å². The predicted octanol–water partition coefficient (Wildman–Crippen LogP) is 2.16. The third-order valence-corrected chi connectivity index (χ3v) is 4.05. The van der Waals surface area contributed by atoms with Gasteiger partial charge in [0.05, 0.1) is 12.6 Å². The van der Waals surface area contributed by atoms with Crippen LogP contribution in [-0.2, 0) is 9.53 Å². The molecule has 1 aliphatic heterocycles. The summed E-state index contributed by atoms with van der Waals surface area (Å²) in [5, 5.41) is 4.63. The van der Waals surface area contributed by atoms with E-state index in [2.05, 4.69) is 5.32 Å². The van der Waals surface area contributed by atoms with E-state index in [1.165, 1.54) is 4.88 Å². The Kier molecular flexibility index (Phi) is 4.79. The number of nitrogens with one attached hydrogen (secondary N) is 1. The fraction of sp³-hybridized carbons (Fsp3) is 0.538. The van der Waals surface area contributed by atoms with E-state index in [4.69, 9.17) is 4.74 Å². The normalized spacial score (nSPS) is 18.4. The zero-order chi connectivity index (χ0) is 13.7. The Morgan fingerprint density at radius 1 is 1.58 bits per heavy atom. The molecule has 0 spiro atoms. The topological polar surface area (TPSA) is 58.6 Å². The minimum atomic E-state index is -0.400. The molecule has 0 aliphatic carbocycles. The van der Waals surface area contributed by atoms with Crippen molar-refractivity contribution in [1.29, 1.82) is 0 Å². The molecule has 0 unspecified atom stereocenters. The minimum absolute atomic E-state index is 0.0691. The first-order valence-corrected chi connectivity index (χ1v) is 7.34. The van der Waals surface area contributed by atoms with Crippen LogP contribution in [0, 0.1) is 0 Å². The first-order valence-electron chi connectivity index (χ1n) is 6.46. The summed E-state index contributed by atoms with van der Waals surface area (Å²) in [7, 11) is 0. The summed E-state index contributed by atoms with van der Waals surface area (Å²) in [6.07, 6.45) is 1.97. The monoisotopic (exact) mass is 282 g/mol. The third kappa shape index (κ3) is 3.47. The Balaban J connectivity index is 1.89. The first kappa shape index (κ1) is 13.9. The molecule has 104 valence electrons. The average Bonchev–Trinajstić information content (AvgIpc) is 3.05. The third-order valence-electron chi connectivity index (χ3n) is 3.07. The molecule has 2 rings (SSSR count). The lowest BCUT2D eigenvalue weighted by Gasteiger charge is -2.23. The van der Waals surface area contributed by atoms with Crippen molar-refractivity contribution in [2.24, 2.45) is 0 Å². The summed E-state index contributed by atoms with van der Waals surface area (Å²) in [6.45, 7) is 2.74. The maximum atomic E-state index is 12.1. The molecule has 5 nitrogen and oxygen atoms in total. The number of esters is 1. The van der Waals surface area contributed by atoms with Crippen LogP contribution in [-0.4, -0.2) is 36.6 Å². The number of nitrogens with zero attached hydrogens (tertiary/aromatic N) is 1. The lowest BCUT2D eigenvalue weighted by molar-refractivity contribution is -0.141.